The molecule has 9 heteroatoms. The summed E-state index contributed by atoms with van der Waals surface area (Å²) in [6.07, 6.45) is 4.92. The Labute approximate surface area is 186 Å². The predicted molar refractivity (Wildman–Crippen MR) is 122 cm³/mol. The fraction of sp³-hybridized carbons (Fsp3) is 0.476. The van der Waals surface area contributed by atoms with E-state index in [1.54, 1.807) is 23.6 Å². The van der Waals surface area contributed by atoms with Gasteiger partial charge in [-0.05, 0) is 61.7 Å². The van der Waals surface area contributed by atoms with Gasteiger partial charge in [-0.25, -0.2) is 8.42 Å². The molecule has 6 nitrogen and oxygen atoms in total. The van der Waals surface area contributed by atoms with Crippen molar-refractivity contribution in [2.45, 2.75) is 36.3 Å². The molecule has 1 unspecified atom stereocenters. The zero-order valence-electron chi connectivity index (χ0n) is 16.7. The van der Waals surface area contributed by atoms with E-state index in [9.17, 15) is 13.2 Å². The third-order valence-corrected chi connectivity index (χ3v) is 9.30. The fourth-order valence-corrected chi connectivity index (χ4v) is 7.10. The number of hydrogen-bond acceptors (Lipinski definition) is 5. The molecule has 2 saturated heterocycles. The Morgan fingerprint density at radius 3 is 2.60 bits per heavy atom. The van der Waals surface area contributed by atoms with E-state index in [0.29, 0.717) is 34.3 Å². The average Bonchev–Trinajstić information content (AvgIpc) is 3.30. The summed E-state index contributed by atoms with van der Waals surface area (Å²) in [5.74, 6) is -0.545. The molecule has 2 fully saturated rings. The van der Waals surface area contributed by atoms with E-state index in [4.69, 9.17) is 11.6 Å². The summed E-state index contributed by atoms with van der Waals surface area (Å²) in [4.78, 5) is 15.1. The third-order valence-electron chi connectivity index (χ3n) is 5.76. The Morgan fingerprint density at radius 2 is 1.90 bits per heavy atom. The molecule has 162 valence electrons. The lowest BCUT2D eigenvalue weighted by Crippen LogP contribution is -2.43. The number of nitrogens with one attached hydrogen (secondary N) is 1. The van der Waals surface area contributed by atoms with Gasteiger partial charge in [0.25, 0.3) is 10.0 Å². The van der Waals surface area contributed by atoms with Gasteiger partial charge < -0.3 is 10.2 Å². The summed E-state index contributed by atoms with van der Waals surface area (Å²) in [5, 5.41) is 5.30. The fourth-order valence-electron chi connectivity index (χ4n) is 4.13. The second-order valence-electron chi connectivity index (χ2n) is 7.84. The van der Waals surface area contributed by atoms with Gasteiger partial charge in [0.2, 0.25) is 5.91 Å². The first-order valence-electron chi connectivity index (χ1n) is 10.3. The van der Waals surface area contributed by atoms with Crippen LogP contribution in [0.25, 0.3) is 0 Å². The SMILES string of the molecule is O=C(Nc1ccc(N2CCCCC2)c(Cl)c1)C1CCCN(S(=O)(=O)c2cccs2)C1. The average molecular weight is 468 g/mol. The third kappa shape index (κ3) is 4.66. The second kappa shape index (κ2) is 9.26. The Morgan fingerprint density at radius 1 is 1.10 bits per heavy atom. The highest BCUT2D eigenvalue weighted by atomic mass is 35.5. The highest BCUT2D eigenvalue weighted by Crippen LogP contribution is 2.32. The molecule has 1 amide bonds. The topological polar surface area (TPSA) is 69.7 Å². The number of halogens is 1. The van der Waals surface area contributed by atoms with Crippen molar-refractivity contribution in [1.29, 1.82) is 0 Å². The molecule has 4 rings (SSSR count). The number of amides is 1. The molecule has 2 aromatic rings. The van der Waals surface area contributed by atoms with Crippen molar-refractivity contribution in [3.63, 3.8) is 0 Å². The minimum atomic E-state index is -3.54. The smallest absolute Gasteiger partial charge is 0.252 e. The number of carbonyl (C=O) groups excluding carboxylic acids is 1. The number of carbonyl (C=O) groups is 1. The number of anilines is 2. The molecule has 0 spiro atoms. The van der Waals surface area contributed by atoms with Crippen LogP contribution in [0.3, 0.4) is 0 Å². The first-order valence-corrected chi connectivity index (χ1v) is 13.0. The number of nitrogens with zero attached hydrogens (tertiary/aromatic N) is 2. The van der Waals surface area contributed by atoms with Gasteiger partial charge in [0.15, 0.2) is 0 Å². The maximum atomic E-state index is 12.8. The zero-order chi connectivity index (χ0) is 21.1. The summed E-state index contributed by atoms with van der Waals surface area (Å²) in [6.45, 7) is 2.65. The Bertz CT molecular complexity index is 989. The number of rotatable bonds is 5. The summed E-state index contributed by atoms with van der Waals surface area (Å²) in [6, 6.07) is 8.94. The van der Waals surface area contributed by atoms with Crippen LogP contribution in [-0.2, 0) is 14.8 Å². The molecule has 3 heterocycles. The summed E-state index contributed by atoms with van der Waals surface area (Å²) >= 11 is 7.69. The lowest BCUT2D eigenvalue weighted by molar-refractivity contribution is -0.120. The zero-order valence-corrected chi connectivity index (χ0v) is 19.1. The number of benzene rings is 1. The van der Waals surface area contributed by atoms with E-state index in [1.165, 1.54) is 34.9 Å². The molecule has 0 saturated carbocycles. The molecule has 30 heavy (non-hydrogen) atoms. The molecule has 1 atom stereocenters. The lowest BCUT2D eigenvalue weighted by Gasteiger charge is -2.31. The summed E-state index contributed by atoms with van der Waals surface area (Å²) in [7, 11) is -3.54. The number of thiophene rings is 1. The molecule has 0 aliphatic carbocycles. The normalized spacial score (nSPS) is 20.8. The molecule has 0 radical (unpaired) electrons. The largest absolute Gasteiger partial charge is 0.370 e. The Kier molecular flexibility index (Phi) is 6.67. The van der Waals surface area contributed by atoms with Gasteiger partial charge in [0.1, 0.15) is 4.21 Å². The van der Waals surface area contributed by atoms with Crippen LogP contribution in [0.4, 0.5) is 11.4 Å². The van der Waals surface area contributed by atoms with Crippen molar-refractivity contribution >= 4 is 50.2 Å². The highest BCUT2D eigenvalue weighted by Gasteiger charge is 2.33. The number of sulfonamides is 1. The van der Waals surface area contributed by atoms with Crippen molar-refractivity contribution in [3.8, 4) is 0 Å². The lowest BCUT2D eigenvalue weighted by atomic mass is 9.98. The van der Waals surface area contributed by atoms with Crippen molar-refractivity contribution in [1.82, 2.24) is 4.31 Å². The maximum absolute atomic E-state index is 12.8. The number of piperidine rings is 2. The van der Waals surface area contributed by atoms with Crippen LogP contribution in [0.1, 0.15) is 32.1 Å². The van der Waals surface area contributed by atoms with Crippen molar-refractivity contribution in [3.05, 3.63) is 40.7 Å². The maximum Gasteiger partial charge on any atom is 0.252 e. The van der Waals surface area contributed by atoms with Crippen molar-refractivity contribution in [2.75, 3.05) is 36.4 Å². The van der Waals surface area contributed by atoms with Gasteiger partial charge in [-0.15, -0.1) is 11.3 Å². The molecule has 0 bridgehead atoms. The standard InChI is InChI=1S/C21H26ClN3O3S2/c22-18-14-17(8-9-19(18)24-10-2-1-3-11-24)23-21(26)16-6-4-12-25(15-16)30(27,28)20-7-5-13-29-20/h5,7-9,13-14,16H,1-4,6,10-12,15H2,(H,23,26). The van der Waals surface area contributed by atoms with Crippen LogP contribution in [-0.4, -0.2) is 44.8 Å². The van der Waals surface area contributed by atoms with E-state index in [0.717, 1.165) is 18.8 Å². The summed E-state index contributed by atoms with van der Waals surface area (Å²) in [5.41, 5.74) is 1.64. The van der Waals surface area contributed by atoms with Crippen LogP contribution in [0.5, 0.6) is 0 Å². The van der Waals surface area contributed by atoms with E-state index < -0.39 is 10.0 Å². The molecule has 1 aromatic carbocycles. The van der Waals surface area contributed by atoms with Crippen molar-refractivity contribution < 1.29 is 13.2 Å². The molecule has 2 aliphatic heterocycles. The quantitative estimate of drug-likeness (QED) is 0.706. The van der Waals surface area contributed by atoms with Gasteiger partial charge in [-0.3, -0.25) is 4.79 Å². The monoisotopic (exact) mass is 467 g/mol. The van der Waals surface area contributed by atoms with Gasteiger partial charge in [-0.2, -0.15) is 4.31 Å². The van der Waals surface area contributed by atoms with Crippen LogP contribution in [0.2, 0.25) is 5.02 Å². The van der Waals surface area contributed by atoms with E-state index in [1.807, 2.05) is 12.1 Å². The van der Waals surface area contributed by atoms with Crippen LogP contribution in [0, 0.1) is 5.92 Å². The van der Waals surface area contributed by atoms with Gasteiger partial charge in [-0.1, -0.05) is 17.7 Å². The van der Waals surface area contributed by atoms with Crippen LogP contribution >= 0.6 is 22.9 Å². The number of hydrogen-bond donors (Lipinski definition) is 1. The molecule has 2 aliphatic rings. The highest BCUT2D eigenvalue weighted by molar-refractivity contribution is 7.91. The van der Waals surface area contributed by atoms with Gasteiger partial charge in [0.05, 0.1) is 16.6 Å². The molecule has 1 N–H and O–H groups in total. The minimum Gasteiger partial charge on any atom is -0.370 e. The Hall–Kier alpha value is -1.61. The van der Waals surface area contributed by atoms with E-state index in [-0.39, 0.29) is 18.4 Å². The Balaban J connectivity index is 1.41. The van der Waals surface area contributed by atoms with Gasteiger partial charge in [0, 0.05) is 31.9 Å². The van der Waals surface area contributed by atoms with Crippen LogP contribution < -0.4 is 10.2 Å². The van der Waals surface area contributed by atoms with Crippen LogP contribution in [0.15, 0.2) is 39.9 Å². The molecule has 1 aromatic heterocycles. The second-order valence-corrected chi connectivity index (χ2v) is 11.4. The molecular formula is C21H26ClN3O3S2. The first kappa shape index (κ1) is 21.6. The van der Waals surface area contributed by atoms with E-state index in [2.05, 4.69) is 10.2 Å². The van der Waals surface area contributed by atoms with E-state index >= 15 is 0 Å². The molecular weight excluding hydrogens is 442 g/mol. The predicted octanol–water partition coefficient (Wildman–Crippen LogP) is 4.43. The minimum absolute atomic E-state index is 0.164. The first-order chi connectivity index (χ1) is 14.4. The van der Waals surface area contributed by atoms with Gasteiger partial charge >= 0.3 is 0 Å². The summed E-state index contributed by atoms with van der Waals surface area (Å²) < 4.78 is 27.3. The van der Waals surface area contributed by atoms with Crippen molar-refractivity contribution in [2.24, 2.45) is 5.92 Å².